The number of hydrogen-bond acceptors (Lipinski definition) is 5. The second-order valence-electron chi connectivity index (χ2n) is 6.03. The molecule has 4 aromatic rings. The maximum Gasteiger partial charge on any atom is 0.162 e. The Hall–Kier alpha value is -1.89. The molecule has 0 saturated heterocycles. The first kappa shape index (κ1) is 16.6. The molecule has 0 fully saturated rings. The van der Waals surface area contributed by atoms with Crippen LogP contribution in [-0.2, 0) is 6.54 Å². The molecule has 25 heavy (non-hydrogen) atoms. The molecule has 128 valence electrons. The predicted molar refractivity (Wildman–Crippen MR) is 104 cm³/mol. The van der Waals surface area contributed by atoms with Crippen LogP contribution in [0.5, 0.6) is 0 Å². The van der Waals surface area contributed by atoms with Crippen molar-refractivity contribution in [3.05, 3.63) is 51.2 Å². The number of thiazole rings is 1. The maximum atomic E-state index is 6.20. The quantitative estimate of drug-likeness (QED) is 0.474. The first-order valence-electron chi connectivity index (χ1n) is 7.84. The fourth-order valence-corrected chi connectivity index (χ4v) is 3.91. The van der Waals surface area contributed by atoms with Gasteiger partial charge in [-0.3, -0.25) is 0 Å². The van der Waals surface area contributed by atoms with E-state index in [1.807, 2.05) is 24.4 Å². The second-order valence-corrected chi connectivity index (χ2v) is 7.97. The Kier molecular flexibility index (Phi) is 4.27. The Morgan fingerprint density at radius 3 is 2.84 bits per heavy atom. The molecule has 0 aliphatic heterocycles. The summed E-state index contributed by atoms with van der Waals surface area (Å²) in [5.74, 6) is 1.12. The van der Waals surface area contributed by atoms with Gasteiger partial charge in [0.25, 0.3) is 0 Å². The minimum Gasteiger partial charge on any atom is -0.363 e. The van der Waals surface area contributed by atoms with Gasteiger partial charge in [0.1, 0.15) is 16.0 Å². The van der Waals surface area contributed by atoms with Crippen LogP contribution in [0.25, 0.3) is 15.9 Å². The van der Waals surface area contributed by atoms with Gasteiger partial charge in [0.15, 0.2) is 5.65 Å². The Bertz CT molecular complexity index is 1070. The number of benzene rings is 1. The van der Waals surface area contributed by atoms with Crippen molar-refractivity contribution in [2.45, 2.75) is 26.3 Å². The third-order valence-corrected chi connectivity index (χ3v) is 5.37. The fraction of sp³-hybridized carbons (Fsp3) is 0.235. The normalized spacial score (nSPS) is 11.7. The van der Waals surface area contributed by atoms with E-state index in [4.69, 9.17) is 23.2 Å². The highest BCUT2D eigenvalue weighted by Crippen LogP contribution is 2.27. The molecule has 4 rings (SSSR count). The molecule has 1 aromatic carbocycles. The molecule has 3 heterocycles. The summed E-state index contributed by atoms with van der Waals surface area (Å²) >= 11 is 13.9. The zero-order chi connectivity index (χ0) is 17.6. The van der Waals surface area contributed by atoms with E-state index >= 15 is 0 Å². The summed E-state index contributed by atoms with van der Waals surface area (Å²) in [5.41, 5.74) is 2.76. The molecule has 0 aliphatic rings. The van der Waals surface area contributed by atoms with Gasteiger partial charge in [-0.15, -0.1) is 11.3 Å². The van der Waals surface area contributed by atoms with Crippen molar-refractivity contribution in [2.75, 3.05) is 5.32 Å². The van der Waals surface area contributed by atoms with Crippen LogP contribution < -0.4 is 5.32 Å². The Balaban J connectivity index is 1.65. The predicted octanol–water partition coefficient (Wildman–Crippen LogP) is 5.38. The number of fused-ring (bicyclic) bond motifs is 2. The van der Waals surface area contributed by atoms with Gasteiger partial charge >= 0.3 is 0 Å². The molecular formula is C17H15Cl2N5S. The number of aromatic nitrogens is 4. The van der Waals surface area contributed by atoms with Gasteiger partial charge < -0.3 is 5.32 Å². The summed E-state index contributed by atoms with van der Waals surface area (Å²) in [5, 5.41) is 9.91. The Morgan fingerprint density at radius 1 is 1.20 bits per heavy atom. The van der Waals surface area contributed by atoms with Crippen LogP contribution in [0.1, 0.15) is 30.3 Å². The average Bonchev–Trinajstić information content (AvgIpc) is 3.15. The maximum absolute atomic E-state index is 6.20. The molecule has 0 unspecified atom stereocenters. The molecule has 5 nitrogen and oxygen atoms in total. The summed E-state index contributed by atoms with van der Waals surface area (Å²) in [6, 6.07) is 7.52. The first-order valence-corrected chi connectivity index (χ1v) is 9.41. The van der Waals surface area contributed by atoms with Crippen molar-refractivity contribution in [1.82, 2.24) is 19.6 Å². The summed E-state index contributed by atoms with van der Waals surface area (Å²) in [7, 11) is 0. The van der Waals surface area contributed by atoms with Crippen LogP contribution in [0.4, 0.5) is 5.82 Å². The van der Waals surface area contributed by atoms with Crippen LogP contribution in [-0.4, -0.2) is 19.6 Å². The molecule has 0 atom stereocenters. The molecule has 0 bridgehead atoms. The van der Waals surface area contributed by atoms with E-state index in [9.17, 15) is 0 Å². The summed E-state index contributed by atoms with van der Waals surface area (Å²) in [6.45, 7) is 4.79. The van der Waals surface area contributed by atoms with Gasteiger partial charge in [0, 0.05) is 16.7 Å². The Labute approximate surface area is 158 Å². The Morgan fingerprint density at radius 2 is 2.04 bits per heavy atom. The molecule has 8 heteroatoms. The molecule has 0 radical (unpaired) electrons. The highest BCUT2D eigenvalue weighted by Gasteiger charge is 2.14. The largest absolute Gasteiger partial charge is 0.363 e. The van der Waals surface area contributed by atoms with Gasteiger partial charge in [-0.2, -0.15) is 9.61 Å². The molecule has 3 aromatic heterocycles. The lowest BCUT2D eigenvalue weighted by atomic mass is 10.1. The first-order chi connectivity index (χ1) is 12.0. The molecule has 1 N–H and O–H groups in total. The number of nitrogens with one attached hydrogen (secondary N) is 1. The highest BCUT2D eigenvalue weighted by atomic mass is 35.5. The van der Waals surface area contributed by atoms with E-state index in [0.717, 1.165) is 32.3 Å². The molecule has 0 saturated carbocycles. The van der Waals surface area contributed by atoms with Crippen molar-refractivity contribution < 1.29 is 0 Å². The summed E-state index contributed by atoms with van der Waals surface area (Å²) < 4.78 is 2.89. The van der Waals surface area contributed by atoms with E-state index in [1.165, 1.54) is 0 Å². The van der Waals surface area contributed by atoms with E-state index in [0.29, 0.717) is 22.6 Å². The minimum atomic E-state index is 0.324. The van der Waals surface area contributed by atoms with Gasteiger partial charge in [-0.25, -0.2) is 9.97 Å². The number of halogens is 2. The number of hydrogen-bond donors (Lipinski definition) is 1. The van der Waals surface area contributed by atoms with Gasteiger partial charge in [-0.1, -0.05) is 37.0 Å². The van der Waals surface area contributed by atoms with Crippen LogP contribution in [0, 0.1) is 0 Å². The van der Waals surface area contributed by atoms with Gasteiger partial charge in [0.05, 0.1) is 23.0 Å². The van der Waals surface area contributed by atoms with Gasteiger partial charge in [0.2, 0.25) is 0 Å². The zero-order valence-electron chi connectivity index (χ0n) is 13.6. The van der Waals surface area contributed by atoms with Crippen LogP contribution in [0.2, 0.25) is 10.2 Å². The van der Waals surface area contributed by atoms with Crippen LogP contribution >= 0.6 is 34.5 Å². The average molecular weight is 392 g/mol. The van der Waals surface area contributed by atoms with Crippen molar-refractivity contribution in [3.8, 4) is 0 Å². The minimum absolute atomic E-state index is 0.324. The smallest absolute Gasteiger partial charge is 0.162 e. The van der Waals surface area contributed by atoms with Crippen molar-refractivity contribution in [1.29, 1.82) is 0 Å². The van der Waals surface area contributed by atoms with E-state index in [2.05, 4.69) is 34.2 Å². The SMILES string of the molecule is CC(C)c1cnn2c(NCc3nc4cc(Cl)ccc4s3)cc(Cl)nc12. The lowest BCUT2D eigenvalue weighted by Gasteiger charge is -2.08. The molecule has 0 spiro atoms. The van der Waals surface area contributed by atoms with Crippen molar-refractivity contribution >= 4 is 56.2 Å². The van der Waals surface area contributed by atoms with E-state index in [-0.39, 0.29) is 0 Å². The van der Waals surface area contributed by atoms with Crippen molar-refractivity contribution in [3.63, 3.8) is 0 Å². The number of anilines is 1. The number of rotatable bonds is 4. The monoisotopic (exact) mass is 391 g/mol. The van der Waals surface area contributed by atoms with Crippen LogP contribution in [0.15, 0.2) is 30.5 Å². The van der Waals surface area contributed by atoms with E-state index in [1.54, 1.807) is 21.9 Å². The van der Waals surface area contributed by atoms with Gasteiger partial charge in [-0.05, 0) is 24.1 Å². The van der Waals surface area contributed by atoms with E-state index < -0.39 is 0 Å². The fourth-order valence-electron chi connectivity index (χ4n) is 2.67. The standard InChI is InChI=1S/C17H15Cl2N5S/c1-9(2)11-7-21-24-15(6-14(19)23-17(11)24)20-8-16-22-12-5-10(18)3-4-13(12)25-16/h3-7,9,20H,8H2,1-2H3. The zero-order valence-corrected chi connectivity index (χ0v) is 16.0. The second kappa shape index (κ2) is 6.44. The number of nitrogens with zero attached hydrogens (tertiary/aromatic N) is 4. The summed E-state index contributed by atoms with van der Waals surface area (Å²) in [4.78, 5) is 9.03. The third kappa shape index (κ3) is 3.17. The topological polar surface area (TPSA) is 55.1 Å². The highest BCUT2D eigenvalue weighted by molar-refractivity contribution is 7.18. The molecule has 0 amide bonds. The third-order valence-electron chi connectivity index (χ3n) is 3.90. The van der Waals surface area contributed by atoms with Crippen LogP contribution in [0.3, 0.4) is 0 Å². The lowest BCUT2D eigenvalue weighted by molar-refractivity contribution is 0.871. The molecular weight excluding hydrogens is 377 g/mol. The van der Waals surface area contributed by atoms with Crippen molar-refractivity contribution in [2.24, 2.45) is 0 Å². The lowest BCUT2D eigenvalue weighted by Crippen LogP contribution is -2.06. The molecule has 0 aliphatic carbocycles. The summed E-state index contributed by atoms with van der Waals surface area (Å²) in [6.07, 6.45) is 1.84.